The van der Waals surface area contributed by atoms with Gasteiger partial charge >= 0.3 is 0 Å². The second-order valence-electron chi connectivity index (χ2n) is 15.4. The van der Waals surface area contributed by atoms with Crippen LogP contribution in [0.4, 0.5) is 0 Å². The summed E-state index contributed by atoms with van der Waals surface area (Å²) in [5, 5.41) is 33.4. The van der Waals surface area contributed by atoms with E-state index in [-0.39, 0.29) is 51.5 Å². The molecule has 4 heteroatoms. The first kappa shape index (κ1) is 25.5. The lowest BCUT2D eigenvalue weighted by atomic mass is 9.35. The van der Waals surface area contributed by atoms with Crippen LogP contribution < -0.4 is 0 Å². The van der Waals surface area contributed by atoms with Crippen LogP contribution in [0, 0.1) is 45.3 Å². The molecule has 11 atom stereocenters. The normalized spacial score (nSPS) is 57.1. The van der Waals surface area contributed by atoms with E-state index < -0.39 is 5.60 Å². The third-order valence-electron chi connectivity index (χ3n) is 13.3. The minimum Gasteiger partial charge on any atom is -0.393 e. The van der Waals surface area contributed by atoms with Gasteiger partial charge in [-0.3, -0.25) is 0 Å². The van der Waals surface area contributed by atoms with E-state index in [1.807, 2.05) is 13.8 Å². The van der Waals surface area contributed by atoms with E-state index in [4.69, 9.17) is 4.74 Å². The summed E-state index contributed by atoms with van der Waals surface area (Å²) in [6, 6.07) is 0. The van der Waals surface area contributed by atoms with Crippen molar-refractivity contribution in [2.24, 2.45) is 45.3 Å². The molecular weight excluding hydrogens is 424 g/mol. The van der Waals surface area contributed by atoms with Crippen LogP contribution in [0.1, 0.15) is 113 Å². The summed E-state index contributed by atoms with van der Waals surface area (Å²) in [5.41, 5.74) is -0.703. The van der Waals surface area contributed by atoms with Gasteiger partial charge in [-0.15, -0.1) is 0 Å². The molecule has 0 bridgehead atoms. The predicted molar refractivity (Wildman–Crippen MR) is 135 cm³/mol. The lowest BCUT2D eigenvalue weighted by molar-refractivity contribution is -0.248. The van der Waals surface area contributed by atoms with Gasteiger partial charge in [0.1, 0.15) is 0 Å². The Morgan fingerprint density at radius 1 is 0.765 bits per heavy atom. The molecule has 4 nitrogen and oxygen atoms in total. The fraction of sp³-hybridized carbons (Fsp3) is 1.00. The molecule has 5 fully saturated rings. The highest BCUT2D eigenvalue weighted by atomic mass is 16.5. The van der Waals surface area contributed by atoms with Crippen molar-refractivity contribution in [1.29, 1.82) is 0 Å². The van der Waals surface area contributed by atoms with Crippen molar-refractivity contribution in [2.75, 3.05) is 0 Å². The molecule has 5 aliphatic rings. The first-order valence-corrected chi connectivity index (χ1v) is 14.3. The molecule has 0 aromatic carbocycles. The molecule has 5 rings (SSSR count). The Morgan fingerprint density at radius 3 is 2.03 bits per heavy atom. The highest BCUT2D eigenvalue weighted by Crippen LogP contribution is 2.76. The van der Waals surface area contributed by atoms with Crippen LogP contribution >= 0.6 is 0 Å². The minimum absolute atomic E-state index is 0.0630. The van der Waals surface area contributed by atoms with Gasteiger partial charge < -0.3 is 20.1 Å². The van der Waals surface area contributed by atoms with Crippen molar-refractivity contribution in [3.63, 3.8) is 0 Å². The zero-order valence-corrected chi connectivity index (χ0v) is 23.2. The summed E-state index contributed by atoms with van der Waals surface area (Å²) < 4.78 is 6.66. The summed E-state index contributed by atoms with van der Waals surface area (Å²) in [6.07, 6.45) is 8.72. The van der Waals surface area contributed by atoms with E-state index in [1.165, 1.54) is 12.8 Å². The summed E-state index contributed by atoms with van der Waals surface area (Å²) in [4.78, 5) is 0. The fourth-order valence-corrected chi connectivity index (χ4v) is 11.1. The number of aliphatic hydroxyl groups is 3. The highest BCUT2D eigenvalue weighted by molar-refractivity contribution is 5.20. The Balaban J connectivity index is 1.48. The smallest absolute Gasteiger partial charge is 0.0865 e. The van der Waals surface area contributed by atoms with Gasteiger partial charge in [-0.1, -0.05) is 34.6 Å². The molecule has 1 heterocycles. The maximum absolute atomic E-state index is 11.9. The SMILES string of the molecule is CC(C)(O)[C@@H]1CC[C@](C)([C@H]2CC[C@]3(C)[C@@H]2[C@H](O)C[C@H]2[C@@]4(C)CC[C@H](O)C(C)(C)[C@@H]4CC[C@]23C)O1. The molecule has 0 spiro atoms. The molecule has 196 valence electrons. The van der Waals surface area contributed by atoms with Crippen LogP contribution in [-0.4, -0.2) is 44.8 Å². The lowest BCUT2D eigenvalue weighted by Crippen LogP contribution is -2.66. The molecule has 0 radical (unpaired) electrons. The summed E-state index contributed by atoms with van der Waals surface area (Å²) in [7, 11) is 0. The summed E-state index contributed by atoms with van der Waals surface area (Å²) in [6.45, 7) is 18.1. The van der Waals surface area contributed by atoms with E-state index in [1.54, 1.807) is 0 Å². The molecule has 1 saturated heterocycles. The van der Waals surface area contributed by atoms with E-state index in [0.717, 1.165) is 44.9 Å². The second kappa shape index (κ2) is 7.45. The number of rotatable bonds is 2. The Kier molecular flexibility index (Phi) is 5.59. The first-order chi connectivity index (χ1) is 15.5. The molecule has 1 aliphatic heterocycles. The number of ether oxygens (including phenoxy) is 1. The second-order valence-corrected chi connectivity index (χ2v) is 15.4. The monoisotopic (exact) mass is 476 g/mol. The molecule has 3 N–H and O–H groups in total. The van der Waals surface area contributed by atoms with Crippen LogP contribution in [-0.2, 0) is 4.74 Å². The molecule has 0 amide bonds. The van der Waals surface area contributed by atoms with Crippen LogP contribution in [0.3, 0.4) is 0 Å². The van der Waals surface area contributed by atoms with Crippen LogP contribution in [0.2, 0.25) is 0 Å². The van der Waals surface area contributed by atoms with Gasteiger partial charge in [0.25, 0.3) is 0 Å². The average Bonchev–Trinajstić information content (AvgIpc) is 3.30. The molecule has 0 aromatic heterocycles. The molecule has 4 aliphatic carbocycles. The lowest BCUT2D eigenvalue weighted by Gasteiger charge is -2.70. The molecule has 4 saturated carbocycles. The maximum atomic E-state index is 11.9. The van der Waals surface area contributed by atoms with Crippen molar-refractivity contribution in [3.8, 4) is 0 Å². The van der Waals surface area contributed by atoms with Crippen molar-refractivity contribution < 1.29 is 20.1 Å². The van der Waals surface area contributed by atoms with E-state index in [9.17, 15) is 15.3 Å². The molecule has 34 heavy (non-hydrogen) atoms. The van der Waals surface area contributed by atoms with Crippen LogP contribution in [0.5, 0.6) is 0 Å². The van der Waals surface area contributed by atoms with Gasteiger partial charge in [-0.25, -0.2) is 0 Å². The summed E-state index contributed by atoms with van der Waals surface area (Å²) in [5.74, 6) is 1.59. The number of hydrogen-bond acceptors (Lipinski definition) is 4. The quantitative estimate of drug-likeness (QED) is 0.477. The Labute approximate surface area is 208 Å². The predicted octanol–water partition coefficient (Wildman–Crippen LogP) is 5.71. The zero-order chi connectivity index (χ0) is 25.1. The van der Waals surface area contributed by atoms with E-state index in [0.29, 0.717) is 17.8 Å². The van der Waals surface area contributed by atoms with Gasteiger partial charge in [-0.05, 0) is 124 Å². The Morgan fingerprint density at radius 2 is 1.41 bits per heavy atom. The largest absolute Gasteiger partial charge is 0.393 e. The van der Waals surface area contributed by atoms with E-state index in [2.05, 4.69) is 41.5 Å². The molecule has 0 unspecified atom stereocenters. The Bertz CT molecular complexity index is 817. The van der Waals surface area contributed by atoms with Crippen molar-refractivity contribution in [3.05, 3.63) is 0 Å². The van der Waals surface area contributed by atoms with Gasteiger partial charge in [0.15, 0.2) is 0 Å². The molecule has 0 aromatic rings. The van der Waals surface area contributed by atoms with Gasteiger partial charge in [0, 0.05) is 0 Å². The van der Waals surface area contributed by atoms with Gasteiger partial charge in [0.05, 0.1) is 29.5 Å². The average molecular weight is 477 g/mol. The summed E-state index contributed by atoms with van der Waals surface area (Å²) >= 11 is 0. The third-order valence-corrected chi connectivity index (χ3v) is 13.3. The van der Waals surface area contributed by atoms with Gasteiger partial charge in [0.2, 0.25) is 0 Å². The van der Waals surface area contributed by atoms with Crippen molar-refractivity contribution in [1.82, 2.24) is 0 Å². The van der Waals surface area contributed by atoms with Gasteiger partial charge in [-0.2, -0.15) is 0 Å². The minimum atomic E-state index is -0.826. The highest BCUT2D eigenvalue weighted by Gasteiger charge is 2.71. The fourth-order valence-electron chi connectivity index (χ4n) is 11.1. The zero-order valence-electron chi connectivity index (χ0n) is 23.2. The van der Waals surface area contributed by atoms with Crippen molar-refractivity contribution >= 4 is 0 Å². The third kappa shape index (κ3) is 3.16. The van der Waals surface area contributed by atoms with Crippen LogP contribution in [0.25, 0.3) is 0 Å². The van der Waals surface area contributed by atoms with Crippen LogP contribution in [0.15, 0.2) is 0 Å². The standard InChI is InChI=1S/C30H52O4/c1-25(2)20-10-15-28(6)21(27(20,5)13-11-22(25)32)17-19(31)24-18(9-14-29(24,28)7)30(8)16-12-23(34-30)26(3,4)33/h18-24,31-33H,9-17H2,1-8H3/t18-,19+,20-,21-,22-,23-,24-,27-,28+,29+,30+/m0/s1. The van der Waals surface area contributed by atoms with Crippen molar-refractivity contribution in [2.45, 2.75) is 143 Å². The number of aliphatic hydroxyl groups excluding tert-OH is 2. The molecular formula is C30H52O4. The maximum Gasteiger partial charge on any atom is 0.0865 e. The van der Waals surface area contributed by atoms with E-state index >= 15 is 0 Å². The topological polar surface area (TPSA) is 69.9 Å². The Hall–Kier alpha value is -0.160. The number of hydrogen-bond donors (Lipinski definition) is 3. The number of fused-ring (bicyclic) bond motifs is 5. The first-order valence-electron chi connectivity index (χ1n) is 14.3.